The van der Waals surface area contributed by atoms with Crippen LogP contribution in [-0.4, -0.2) is 36.2 Å². The molecule has 0 aromatic heterocycles. The first-order valence-electron chi connectivity index (χ1n) is 8.18. The molecule has 0 aliphatic heterocycles. The Morgan fingerprint density at radius 3 is 2.37 bits per heavy atom. The zero-order valence-electron chi connectivity index (χ0n) is 14.6. The lowest BCUT2D eigenvalue weighted by atomic mass is 10.1. The first-order valence-corrected chi connectivity index (χ1v) is 8.18. The Kier molecular flexibility index (Phi) is 7.10. The molecule has 1 atom stereocenters. The number of hydrogen-bond donors (Lipinski definition) is 2. The summed E-state index contributed by atoms with van der Waals surface area (Å²) in [5, 5.41) is 11.2. The lowest BCUT2D eigenvalue weighted by molar-refractivity contribution is -0.139. The first kappa shape index (κ1) is 20.2. The van der Waals surface area contributed by atoms with E-state index in [4.69, 9.17) is 14.6 Å². The third-order valence-corrected chi connectivity index (χ3v) is 3.57. The molecule has 2 aromatic rings. The Bertz CT molecular complexity index is 795. The van der Waals surface area contributed by atoms with E-state index >= 15 is 0 Å². The molecule has 1 amide bonds. The summed E-state index contributed by atoms with van der Waals surface area (Å²) in [7, 11) is 0. The van der Waals surface area contributed by atoms with Gasteiger partial charge in [0.05, 0.1) is 0 Å². The summed E-state index contributed by atoms with van der Waals surface area (Å²) >= 11 is 0. The van der Waals surface area contributed by atoms with Crippen molar-refractivity contribution in [3.63, 3.8) is 0 Å². The molecule has 1 unspecified atom stereocenters. The molecule has 144 valence electrons. The van der Waals surface area contributed by atoms with Gasteiger partial charge in [-0.25, -0.2) is 13.6 Å². The second-order valence-electron chi connectivity index (χ2n) is 5.70. The Morgan fingerprint density at radius 2 is 1.74 bits per heavy atom. The van der Waals surface area contributed by atoms with E-state index in [1.165, 1.54) is 13.0 Å². The van der Waals surface area contributed by atoms with Crippen LogP contribution in [0.4, 0.5) is 8.78 Å². The molecule has 2 rings (SSSR count). The van der Waals surface area contributed by atoms with Crippen molar-refractivity contribution >= 4 is 11.9 Å². The summed E-state index contributed by atoms with van der Waals surface area (Å²) in [6.07, 6.45) is -0.329. The van der Waals surface area contributed by atoms with Crippen LogP contribution in [0.1, 0.15) is 12.5 Å². The fourth-order valence-corrected chi connectivity index (χ4v) is 2.18. The fraction of sp³-hybridized carbons (Fsp3) is 0.263. The molecular formula is C19H19F2NO5. The highest BCUT2D eigenvalue weighted by Crippen LogP contribution is 2.17. The molecule has 0 heterocycles. The van der Waals surface area contributed by atoms with Crippen molar-refractivity contribution in [2.45, 2.75) is 19.4 Å². The number of amides is 1. The standard InChI is InChI=1S/C19H19F2NO5/c1-12(27-15-6-7-16(20)17(21)10-15)19(25)22-9-8-13-2-4-14(5-3-13)26-11-18(23)24/h2-7,10,12H,8-9,11H2,1H3,(H,22,25)(H,23,24). The second-order valence-corrected chi connectivity index (χ2v) is 5.70. The molecule has 27 heavy (non-hydrogen) atoms. The highest BCUT2D eigenvalue weighted by Gasteiger charge is 2.15. The average molecular weight is 379 g/mol. The summed E-state index contributed by atoms with van der Waals surface area (Å²) in [6, 6.07) is 9.89. The minimum absolute atomic E-state index is 0.0634. The zero-order chi connectivity index (χ0) is 19.8. The van der Waals surface area contributed by atoms with Gasteiger partial charge in [-0.15, -0.1) is 0 Å². The maximum Gasteiger partial charge on any atom is 0.341 e. The summed E-state index contributed by atoms with van der Waals surface area (Å²) < 4.78 is 36.4. The Balaban J connectivity index is 1.76. The smallest absolute Gasteiger partial charge is 0.341 e. The minimum Gasteiger partial charge on any atom is -0.482 e. The summed E-state index contributed by atoms with van der Waals surface area (Å²) in [5.41, 5.74) is 0.923. The van der Waals surface area contributed by atoms with Crippen LogP contribution in [0, 0.1) is 11.6 Å². The molecule has 6 nitrogen and oxygen atoms in total. The van der Waals surface area contributed by atoms with Crippen molar-refractivity contribution in [1.29, 1.82) is 0 Å². The van der Waals surface area contributed by atoms with E-state index in [-0.39, 0.29) is 11.7 Å². The summed E-state index contributed by atoms with van der Waals surface area (Å²) in [5.74, 6) is -2.97. The first-order chi connectivity index (χ1) is 12.8. The molecular weight excluding hydrogens is 360 g/mol. The van der Waals surface area contributed by atoms with E-state index in [0.29, 0.717) is 18.7 Å². The van der Waals surface area contributed by atoms with Crippen LogP contribution >= 0.6 is 0 Å². The van der Waals surface area contributed by atoms with Crippen LogP contribution in [0.5, 0.6) is 11.5 Å². The predicted octanol–water partition coefficient (Wildman–Crippen LogP) is 2.55. The van der Waals surface area contributed by atoms with Gasteiger partial charge in [0.15, 0.2) is 24.3 Å². The molecule has 0 saturated heterocycles. The van der Waals surface area contributed by atoms with Gasteiger partial charge in [0.1, 0.15) is 11.5 Å². The molecule has 0 aliphatic rings. The third-order valence-electron chi connectivity index (χ3n) is 3.57. The number of nitrogens with one attached hydrogen (secondary N) is 1. The number of carbonyl (C=O) groups excluding carboxylic acids is 1. The van der Waals surface area contributed by atoms with Gasteiger partial charge in [-0.3, -0.25) is 4.79 Å². The SMILES string of the molecule is CC(Oc1ccc(F)c(F)c1)C(=O)NCCc1ccc(OCC(=O)O)cc1. The number of carbonyl (C=O) groups is 2. The number of halogens is 2. The van der Waals surface area contributed by atoms with Crippen LogP contribution < -0.4 is 14.8 Å². The third kappa shape index (κ3) is 6.58. The van der Waals surface area contributed by atoms with Gasteiger partial charge in [-0.05, 0) is 43.2 Å². The summed E-state index contributed by atoms with van der Waals surface area (Å²) in [4.78, 5) is 22.4. The van der Waals surface area contributed by atoms with Gasteiger partial charge in [-0.2, -0.15) is 0 Å². The largest absolute Gasteiger partial charge is 0.482 e. The van der Waals surface area contributed by atoms with Crippen LogP contribution in [0.3, 0.4) is 0 Å². The van der Waals surface area contributed by atoms with E-state index in [1.54, 1.807) is 24.3 Å². The number of aliphatic carboxylic acids is 1. The molecule has 0 aliphatic carbocycles. The van der Waals surface area contributed by atoms with Crippen LogP contribution in [0.2, 0.25) is 0 Å². The van der Waals surface area contributed by atoms with Crippen molar-refractivity contribution in [2.24, 2.45) is 0 Å². The van der Waals surface area contributed by atoms with Crippen molar-refractivity contribution in [2.75, 3.05) is 13.2 Å². The lowest BCUT2D eigenvalue weighted by Gasteiger charge is -2.15. The molecule has 0 radical (unpaired) electrons. The number of benzene rings is 2. The van der Waals surface area contributed by atoms with Crippen LogP contribution in [0.25, 0.3) is 0 Å². The Labute approximate surface area is 154 Å². The van der Waals surface area contributed by atoms with Gasteiger partial charge < -0.3 is 19.9 Å². The van der Waals surface area contributed by atoms with Gasteiger partial charge >= 0.3 is 5.97 Å². The Hall–Kier alpha value is -3.16. The lowest BCUT2D eigenvalue weighted by Crippen LogP contribution is -2.37. The minimum atomic E-state index is -1.05. The van der Waals surface area contributed by atoms with Crippen molar-refractivity contribution in [3.05, 3.63) is 59.7 Å². The van der Waals surface area contributed by atoms with Crippen LogP contribution in [-0.2, 0) is 16.0 Å². The second kappa shape index (κ2) is 9.51. The summed E-state index contributed by atoms with van der Waals surface area (Å²) in [6.45, 7) is 1.44. The number of carboxylic acids is 1. The van der Waals surface area contributed by atoms with Gasteiger partial charge in [0.25, 0.3) is 5.91 Å². The number of ether oxygens (including phenoxy) is 2. The maximum absolute atomic E-state index is 13.1. The van der Waals surface area contributed by atoms with Crippen LogP contribution in [0.15, 0.2) is 42.5 Å². The normalized spacial score (nSPS) is 11.5. The van der Waals surface area contributed by atoms with E-state index in [2.05, 4.69) is 5.32 Å². The highest BCUT2D eigenvalue weighted by molar-refractivity contribution is 5.80. The predicted molar refractivity (Wildman–Crippen MR) is 92.7 cm³/mol. The number of carboxylic acid groups (broad SMARTS) is 1. The number of hydrogen-bond acceptors (Lipinski definition) is 4. The molecule has 2 N–H and O–H groups in total. The molecule has 0 bridgehead atoms. The Morgan fingerprint density at radius 1 is 1.07 bits per heavy atom. The topological polar surface area (TPSA) is 84.9 Å². The molecule has 0 fully saturated rings. The monoisotopic (exact) mass is 379 g/mol. The van der Waals surface area contributed by atoms with Crippen molar-refractivity contribution in [1.82, 2.24) is 5.32 Å². The molecule has 0 spiro atoms. The van der Waals surface area contributed by atoms with Gasteiger partial charge in [0.2, 0.25) is 0 Å². The average Bonchev–Trinajstić information content (AvgIpc) is 2.64. The zero-order valence-corrected chi connectivity index (χ0v) is 14.6. The van der Waals surface area contributed by atoms with E-state index in [9.17, 15) is 18.4 Å². The van der Waals surface area contributed by atoms with Gasteiger partial charge in [-0.1, -0.05) is 12.1 Å². The maximum atomic E-state index is 13.1. The number of rotatable bonds is 9. The molecule has 2 aromatic carbocycles. The van der Waals surface area contributed by atoms with Crippen molar-refractivity contribution < 1.29 is 33.0 Å². The quantitative estimate of drug-likeness (QED) is 0.700. The van der Waals surface area contributed by atoms with E-state index in [0.717, 1.165) is 17.7 Å². The van der Waals surface area contributed by atoms with Gasteiger partial charge in [0, 0.05) is 12.6 Å². The van der Waals surface area contributed by atoms with Crippen molar-refractivity contribution in [3.8, 4) is 11.5 Å². The highest BCUT2D eigenvalue weighted by atomic mass is 19.2. The molecule has 0 saturated carbocycles. The van der Waals surface area contributed by atoms with E-state index in [1.807, 2.05) is 0 Å². The molecule has 8 heteroatoms. The van der Waals surface area contributed by atoms with E-state index < -0.39 is 30.3 Å². The fourth-order valence-electron chi connectivity index (χ4n) is 2.18.